The van der Waals surface area contributed by atoms with Crippen molar-refractivity contribution in [2.24, 2.45) is 5.92 Å². The summed E-state index contributed by atoms with van der Waals surface area (Å²) in [6.07, 6.45) is 4.73. The Labute approximate surface area is 142 Å². The molecule has 2 aromatic rings. The van der Waals surface area contributed by atoms with Gasteiger partial charge in [0.25, 0.3) is 0 Å². The molecule has 2 saturated heterocycles. The fraction of sp³-hybridized carbons (Fsp3) is 0.429. The predicted molar refractivity (Wildman–Crippen MR) is 92.5 cm³/mol. The molecule has 0 amide bonds. The maximum absolute atomic E-state index is 13.9. The molecule has 0 unspecified atom stereocenters. The van der Waals surface area contributed by atoms with Gasteiger partial charge in [0, 0.05) is 29.8 Å². The molecule has 0 aromatic heterocycles. The summed E-state index contributed by atoms with van der Waals surface area (Å²) in [5.74, 6) is 0.331. The number of benzene rings is 2. The highest BCUT2D eigenvalue weighted by Crippen LogP contribution is 2.54. The van der Waals surface area contributed by atoms with Crippen molar-refractivity contribution in [2.75, 3.05) is 11.5 Å². The van der Waals surface area contributed by atoms with Crippen LogP contribution in [0.2, 0.25) is 0 Å². The van der Waals surface area contributed by atoms with Crippen LogP contribution in [0.4, 0.5) is 10.1 Å². The third kappa shape index (κ3) is 2.11. The third-order valence-corrected chi connectivity index (χ3v) is 6.05. The Morgan fingerprint density at radius 3 is 2.75 bits per heavy atom. The van der Waals surface area contributed by atoms with Crippen LogP contribution in [-0.2, 0) is 4.74 Å². The van der Waals surface area contributed by atoms with E-state index < -0.39 is 0 Å². The molecule has 0 N–H and O–H groups in total. The molecule has 0 spiro atoms. The Kier molecular flexibility index (Phi) is 3.37. The molecule has 3 heterocycles. The first-order chi connectivity index (χ1) is 11.8. The van der Waals surface area contributed by atoms with Gasteiger partial charge in [-0.15, -0.1) is 0 Å². The number of hydrogen-bond donors (Lipinski definition) is 0. The largest absolute Gasteiger partial charge is 0.373 e. The van der Waals surface area contributed by atoms with Crippen LogP contribution in [0.25, 0.3) is 0 Å². The molecular formula is C21H22FNO. The molecule has 3 aliphatic rings. The second-order valence-corrected chi connectivity index (χ2v) is 7.28. The number of nitrogens with zero attached hydrogens (tertiary/aromatic N) is 1. The van der Waals surface area contributed by atoms with Crippen LogP contribution in [-0.4, -0.2) is 12.6 Å². The zero-order valence-corrected chi connectivity index (χ0v) is 13.7. The van der Waals surface area contributed by atoms with Crippen molar-refractivity contribution in [3.05, 3.63) is 65.5 Å². The smallest absolute Gasteiger partial charge is 0.123 e. The maximum atomic E-state index is 13.9. The van der Waals surface area contributed by atoms with Gasteiger partial charge >= 0.3 is 0 Å². The molecule has 24 heavy (non-hydrogen) atoms. The molecule has 0 saturated carbocycles. The zero-order valence-electron chi connectivity index (χ0n) is 13.7. The monoisotopic (exact) mass is 323 g/mol. The minimum absolute atomic E-state index is 0.0697. The SMILES string of the molecule is Fc1ccc2c(c1)[C@H]1OCCC[C@H]1[C@H]1CC[C@H](c3ccccc3)N21. The Morgan fingerprint density at radius 2 is 1.88 bits per heavy atom. The second kappa shape index (κ2) is 5.59. The van der Waals surface area contributed by atoms with E-state index in [0.717, 1.165) is 25.0 Å². The van der Waals surface area contributed by atoms with Crippen molar-refractivity contribution >= 4 is 5.69 Å². The summed E-state index contributed by atoms with van der Waals surface area (Å²) in [5, 5.41) is 0. The van der Waals surface area contributed by atoms with E-state index in [0.29, 0.717) is 18.0 Å². The van der Waals surface area contributed by atoms with E-state index >= 15 is 0 Å². The van der Waals surface area contributed by atoms with E-state index in [9.17, 15) is 4.39 Å². The van der Waals surface area contributed by atoms with Crippen LogP contribution in [0, 0.1) is 11.7 Å². The van der Waals surface area contributed by atoms with E-state index in [-0.39, 0.29) is 11.9 Å². The van der Waals surface area contributed by atoms with Crippen molar-refractivity contribution in [1.29, 1.82) is 0 Å². The van der Waals surface area contributed by atoms with Crippen molar-refractivity contribution in [3.8, 4) is 0 Å². The van der Waals surface area contributed by atoms with Gasteiger partial charge in [-0.3, -0.25) is 0 Å². The zero-order chi connectivity index (χ0) is 16.1. The average molecular weight is 323 g/mol. The molecule has 5 rings (SSSR count). The summed E-state index contributed by atoms with van der Waals surface area (Å²) in [6.45, 7) is 0.798. The number of anilines is 1. The van der Waals surface area contributed by atoms with Gasteiger partial charge in [-0.1, -0.05) is 30.3 Å². The lowest BCUT2D eigenvalue weighted by Gasteiger charge is -2.48. The fourth-order valence-electron chi connectivity index (χ4n) is 5.11. The van der Waals surface area contributed by atoms with Crippen LogP contribution < -0.4 is 4.90 Å². The normalized spacial score (nSPS) is 31.3. The van der Waals surface area contributed by atoms with Gasteiger partial charge in [-0.2, -0.15) is 0 Å². The Bertz CT molecular complexity index is 747. The molecule has 0 radical (unpaired) electrons. The average Bonchev–Trinajstić information content (AvgIpc) is 3.08. The van der Waals surface area contributed by atoms with Gasteiger partial charge in [-0.05, 0) is 49.4 Å². The van der Waals surface area contributed by atoms with Gasteiger partial charge in [0.15, 0.2) is 0 Å². The second-order valence-electron chi connectivity index (χ2n) is 7.28. The van der Waals surface area contributed by atoms with Crippen LogP contribution >= 0.6 is 0 Å². The summed E-state index contributed by atoms with van der Waals surface area (Å²) in [4.78, 5) is 2.57. The van der Waals surface area contributed by atoms with Crippen LogP contribution in [0.15, 0.2) is 48.5 Å². The lowest BCUT2D eigenvalue weighted by molar-refractivity contribution is -0.0408. The van der Waals surface area contributed by atoms with E-state index in [4.69, 9.17) is 4.74 Å². The quantitative estimate of drug-likeness (QED) is 0.731. The summed E-state index contributed by atoms with van der Waals surface area (Å²) in [7, 11) is 0. The standard InChI is InChI=1S/C21H22FNO/c22-15-8-9-20-17(13-15)21-16(7-4-12-24-21)19-11-10-18(23(19)20)14-5-2-1-3-6-14/h1-3,5-6,8-9,13,16,18-19,21H,4,7,10-12H2/t16-,18+,19+,21-/m0/s1. The molecule has 4 atom stereocenters. The van der Waals surface area contributed by atoms with E-state index in [2.05, 4.69) is 35.2 Å². The van der Waals surface area contributed by atoms with Gasteiger partial charge in [-0.25, -0.2) is 4.39 Å². The first kappa shape index (κ1) is 14.5. The molecule has 2 fully saturated rings. The van der Waals surface area contributed by atoms with Crippen LogP contribution in [0.3, 0.4) is 0 Å². The molecule has 3 heteroatoms. The fourth-order valence-corrected chi connectivity index (χ4v) is 5.11. The number of rotatable bonds is 1. The van der Waals surface area contributed by atoms with E-state index in [1.54, 1.807) is 12.1 Å². The maximum Gasteiger partial charge on any atom is 0.123 e. The van der Waals surface area contributed by atoms with Gasteiger partial charge < -0.3 is 9.64 Å². The third-order valence-electron chi connectivity index (χ3n) is 6.05. The van der Waals surface area contributed by atoms with Gasteiger partial charge in [0.2, 0.25) is 0 Å². The van der Waals surface area contributed by atoms with Gasteiger partial charge in [0.05, 0.1) is 12.1 Å². The highest BCUT2D eigenvalue weighted by atomic mass is 19.1. The minimum atomic E-state index is -0.157. The summed E-state index contributed by atoms with van der Waals surface area (Å²) in [6, 6.07) is 16.9. The number of fused-ring (bicyclic) bond motifs is 6. The summed E-state index contributed by atoms with van der Waals surface area (Å²) in [5.41, 5.74) is 3.60. The number of halogens is 1. The van der Waals surface area contributed by atoms with Crippen molar-refractivity contribution in [1.82, 2.24) is 0 Å². The summed E-state index contributed by atoms with van der Waals surface area (Å²) >= 11 is 0. The lowest BCUT2D eigenvalue weighted by atomic mass is 9.79. The summed E-state index contributed by atoms with van der Waals surface area (Å²) < 4.78 is 20.1. The Morgan fingerprint density at radius 1 is 1.00 bits per heavy atom. The number of hydrogen-bond acceptors (Lipinski definition) is 2. The highest BCUT2D eigenvalue weighted by molar-refractivity contribution is 5.61. The van der Waals surface area contributed by atoms with Crippen LogP contribution in [0.5, 0.6) is 0 Å². The predicted octanol–water partition coefficient (Wildman–Crippen LogP) is 5.02. The molecular weight excluding hydrogens is 301 g/mol. The molecule has 124 valence electrons. The highest BCUT2D eigenvalue weighted by Gasteiger charge is 2.48. The number of ether oxygens (including phenoxy) is 1. The van der Waals surface area contributed by atoms with E-state index in [1.165, 1.54) is 24.1 Å². The molecule has 3 aliphatic heterocycles. The first-order valence-corrected chi connectivity index (χ1v) is 9.07. The molecule has 0 bridgehead atoms. The van der Waals surface area contributed by atoms with Crippen molar-refractivity contribution in [2.45, 2.75) is 43.9 Å². The van der Waals surface area contributed by atoms with Crippen molar-refractivity contribution < 1.29 is 9.13 Å². The van der Waals surface area contributed by atoms with Crippen molar-refractivity contribution in [3.63, 3.8) is 0 Å². The lowest BCUT2D eigenvalue weighted by Crippen LogP contribution is -2.46. The minimum Gasteiger partial charge on any atom is -0.373 e. The van der Waals surface area contributed by atoms with Gasteiger partial charge in [0.1, 0.15) is 5.82 Å². The topological polar surface area (TPSA) is 12.5 Å². The molecule has 2 nitrogen and oxygen atoms in total. The Balaban J connectivity index is 1.64. The molecule has 2 aromatic carbocycles. The van der Waals surface area contributed by atoms with Crippen LogP contribution in [0.1, 0.15) is 49.0 Å². The first-order valence-electron chi connectivity index (χ1n) is 9.07. The molecule has 0 aliphatic carbocycles. The van der Waals surface area contributed by atoms with E-state index in [1.807, 2.05) is 6.07 Å². The Hall–Kier alpha value is -1.87.